The Morgan fingerprint density at radius 1 is 1.20 bits per heavy atom. The molecule has 8 heteroatoms. The number of sulfonamides is 1. The maximum atomic E-state index is 13.3. The molecule has 0 amide bonds. The summed E-state index contributed by atoms with van der Waals surface area (Å²) >= 11 is 0. The van der Waals surface area contributed by atoms with E-state index >= 15 is 0 Å². The first-order valence-corrected chi connectivity index (χ1v) is 11.4. The lowest BCUT2D eigenvalue weighted by Crippen LogP contribution is -2.30. The van der Waals surface area contributed by atoms with Gasteiger partial charge in [-0.1, -0.05) is 26.0 Å². The molecule has 0 atom stereocenters. The van der Waals surface area contributed by atoms with Crippen LogP contribution < -0.4 is 9.46 Å². The van der Waals surface area contributed by atoms with Crippen LogP contribution in [0.3, 0.4) is 0 Å². The third-order valence-corrected chi connectivity index (χ3v) is 6.21. The smallest absolute Gasteiger partial charge is 0.208 e. The number of ether oxygens (including phenoxy) is 1. The number of fused-ring (bicyclic) bond motifs is 4. The predicted molar refractivity (Wildman–Crippen MR) is 117 cm³/mol. The standard InChI is InChI=1S/C22H23N3O4S/c1-22(2)17-11-14(29-9-8-24-30(3,27)28)5-7-15(17)20(26)19-16-6-4-13(12-23)10-18(16)25-21(19)22/h4-7,10-12,23-25H,8-9H2,1-3H3. The molecule has 0 unspecified atom stereocenters. The molecule has 3 aromatic rings. The molecule has 0 bridgehead atoms. The van der Waals surface area contributed by atoms with Crippen LogP contribution in [0.4, 0.5) is 0 Å². The fourth-order valence-electron chi connectivity index (χ4n) is 4.00. The number of nitrogens with one attached hydrogen (secondary N) is 3. The Morgan fingerprint density at radius 2 is 1.97 bits per heavy atom. The average molecular weight is 426 g/mol. The Balaban J connectivity index is 1.71. The maximum Gasteiger partial charge on any atom is 0.208 e. The van der Waals surface area contributed by atoms with Crippen molar-refractivity contribution < 1.29 is 17.9 Å². The van der Waals surface area contributed by atoms with Crippen LogP contribution >= 0.6 is 0 Å². The molecule has 7 nitrogen and oxygen atoms in total. The van der Waals surface area contributed by atoms with Crippen LogP contribution in [0.2, 0.25) is 0 Å². The molecule has 30 heavy (non-hydrogen) atoms. The molecule has 0 aliphatic heterocycles. The molecule has 1 aromatic heterocycles. The van der Waals surface area contributed by atoms with Crippen molar-refractivity contribution in [2.45, 2.75) is 19.3 Å². The topological polar surface area (TPSA) is 112 Å². The second kappa shape index (κ2) is 7.07. The summed E-state index contributed by atoms with van der Waals surface area (Å²) in [6.07, 6.45) is 2.38. The van der Waals surface area contributed by atoms with Gasteiger partial charge in [0.1, 0.15) is 12.4 Å². The van der Waals surface area contributed by atoms with Crippen LogP contribution in [0.25, 0.3) is 10.9 Å². The van der Waals surface area contributed by atoms with Gasteiger partial charge in [0, 0.05) is 40.3 Å². The molecule has 3 N–H and O–H groups in total. The van der Waals surface area contributed by atoms with E-state index in [0.29, 0.717) is 16.9 Å². The summed E-state index contributed by atoms with van der Waals surface area (Å²) in [6, 6.07) is 11.0. The van der Waals surface area contributed by atoms with Gasteiger partial charge in [0.15, 0.2) is 5.78 Å². The normalized spacial score (nSPS) is 15.0. The van der Waals surface area contributed by atoms with E-state index in [2.05, 4.69) is 23.6 Å². The number of aromatic amines is 1. The number of H-pyrrole nitrogens is 1. The molecule has 1 heterocycles. The molecule has 0 spiro atoms. The number of benzene rings is 2. The Kier molecular flexibility index (Phi) is 4.79. The molecule has 0 radical (unpaired) electrons. The monoisotopic (exact) mass is 425 g/mol. The highest BCUT2D eigenvalue weighted by molar-refractivity contribution is 7.88. The minimum absolute atomic E-state index is 0.0431. The number of rotatable bonds is 6. The van der Waals surface area contributed by atoms with Gasteiger partial charge in [-0.25, -0.2) is 13.1 Å². The molecule has 0 saturated heterocycles. The molecule has 4 rings (SSSR count). The second-order valence-corrected chi connectivity index (χ2v) is 9.83. The lowest BCUT2D eigenvalue weighted by atomic mass is 9.71. The zero-order valence-electron chi connectivity index (χ0n) is 17.0. The van der Waals surface area contributed by atoms with Crippen molar-refractivity contribution in [3.8, 4) is 5.75 Å². The molecule has 2 aromatic carbocycles. The van der Waals surface area contributed by atoms with Crippen molar-refractivity contribution in [2.75, 3.05) is 19.4 Å². The van der Waals surface area contributed by atoms with Gasteiger partial charge >= 0.3 is 0 Å². The van der Waals surface area contributed by atoms with E-state index in [1.807, 2.05) is 24.3 Å². The van der Waals surface area contributed by atoms with Crippen LogP contribution in [-0.4, -0.2) is 44.8 Å². The fraction of sp³-hybridized carbons (Fsp3) is 0.273. The molecule has 0 fully saturated rings. The van der Waals surface area contributed by atoms with E-state index in [1.165, 1.54) is 6.21 Å². The number of aromatic nitrogens is 1. The summed E-state index contributed by atoms with van der Waals surface area (Å²) in [5, 5.41) is 8.33. The summed E-state index contributed by atoms with van der Waals surface area (Å²) in [4.78, 5) is 16.7. The molecule has 156 valence electrons. The number of carbonyl (C=O) groups excluding carboxylic acids is 1. The highest BCUT2D eigenvalue weighted by atomic mass is 32.2. The Hall–Kier alpha value is -2.97. The van der Waals surface area contributed by atoms with E-state index in [4.69, 9.17) is 10.1 Å². The zero-order chi connectivity index (χ0) is 21.7. The van der Waals surface area contributed by atoms with Crippen LogP contribution in [0.1, 0.15) is 46.6 Å². The van der Waals surface area contributed by atoms with Gasteiger partial charge in [-0.15, -0.1) is 0 Å². The summed E-state index contributed by atoms with van der Waals surface area (Å²) in [5.74, 6) is 0.536. The molecular weight excluding hydrogens is 402 g/mol. The average Bonchev–Trinajstić information content (AvgIpc) is 3.09. The predicted octanol–water partition coefficient (Wildman–Crippen LogP) is 2.96. The molecular formula is C22H23N3O4S. The van der Waals surface area contributed by atoms with Crippen LogP contribution in [0, 0.1) is 5.41 Å². The first-order valence-electron chi connectivity index (χ1n) is 9.55. The van der Waals surface area contributed by atoms with E-state index in [1.54, 1.807) is 12.1 Å². The number of hydrogen-bond donors (Lipinski definition) is 3. The molecule has 1 aliphatic carbocycles. The lowest BCUT2D eigenvalue weighted by Gasteiger charge is -2.32. The van der Waals surface area contributed by atoms with Crippen molar-refractivity contribution in [3.05, 3.63) is 64.3 Å². The van der Waals surface area contributed by atoms with Crippen molar-refractivity contribution in [2.24, 2.45) is 0 Å². The first-order chi connectivity index (χ1) is 14.1. The fourth-order valence-corrected chi connectivity index (χ4v) is 4.46. The summed E-state index contributed by atoms with van der Waals surface area (Å²) in [6.45, 7) is 4.46. The van der Waals surface area contributed by atoms with Crippen molar-refractivity contribution >= 4 is 32.9 Å². The number of carbonyl (C=O) groups is 1. The minimum Gasteiger partial charge on any atom is -0.492 e. The Morgan fingerprint density at radius 3 is 2.67 bits per heavy atom. The quantitative estimate of drug-likeness (QED) is 0.416. The Bertz CT molecular complexity index is 1290. The van der Waals surface area contributed by atoms with Gasteiger partial charge in [-0.2, -0.15) is 0 Å². The first kappa shape index (κ1) is 20.3. The minimum atomic E-state index is -3.26. The largest absolute Gasteiger partial charge is 0.492 e. The molecule has 0 saturated carbocycles. The maximum absolute atomic E-state index is 13.3. The highest BCUT2D eigenvalue weighted by Gasteiger charge is 2.39. The van der Waals surface area contributed by atoms with Gasteiger partial charge in [-0.3, -0.25) is 4.79 Å². The number of ketones is 1. The van der Waals surface area contributed by atoms with Crippen molar-refractivity contribution in [1.29, 1.82) is 5.41 Å². The van der Waals surface area contributed by atoms with Crippen LogP contribution in [0.15, 0.2) is 36.4 Å². The summed E-state index contributed by atoms with van der Waals surface area (Å²) in [5.41, 5.74) is 4.13. The van der Waals surface area contributed by atoms with E-state index in [9.17, 15) is 13.2 Å². The molecule has 1 aliphatic rings. The van der Waals surface area contributed by atoms with Gasteiger partial charge in [0.25, 0.3) is 0 Å². The lowest BCUT2D eigenvalue weighted by molar-refractivity contribution is 0.103. The van der Waals surface area contributed by atoms with E-state index in [0.717, 1.165) is 34.0 Å². The van der Waals surface area contributed by atoms with Crippen molar-refractivity contribution in [1.82, 2.24) is 9.71 Å². The van der Waals surface area contributed by atoms with Gasteiger partial charge in [0.2, 0.25) is 10.0 Å². The van der Waals surface area contributed by atoms with Crippen LogP contribution in [-0.2, 0) is 15.4 Å². The third-order valence-electron chi connectivity index (χ3n) is 5.49. The third kappa shape index (κ3) is 3.42. The summed E-state index contributed by atoms with van der Waals surface area (Å²) in [7, 11) is -3.26. The van der Waals surface area contributed by atoms with Gasteiger partial charge in [0.05, 0.1) is 11.8 Å². The van der Waals surface area contributed by atoms with Crippen molar-refractivity contribution in [3.63, 3.8) is 0 Å². The highest BCUT2D eigenvalue weighted by Crippen LogP contribution is 2.44. The van der Waals surface area contributed by atoms with Gasteiger partial charge < -0.3 is 15.1 Å². The van der Waals surface area contributed by atoms with Gasteiger partial charge in [-0.05, 0) is 35.4 Å². The SMILES string of the molecule is CC1(C)c2cc(OCCNS(C)(=O)=O)ccc2C(=O)c2c1[nH]c1cc(C=N)ccc21. The Labute approximate surface area is 175 Å². The zero-order valence-corrected chi connectivity index (χ0v) is 17.8. The second-order valence-electron chi connectivity index (χ2n) is 8.00. The summed E-state index contributed by atoms with van der Waals surface area (Å²) < 4.78 is 30.4. The van der Waals surface area contributed by atoms with E-state index in [-0.39, 0.29) is 18.9 Å². The number of hydrogen-bond acceptors (Lipinski definition) is 5. The van der Waals surface area contributed by atoms with E-state index < -0.39 is 15.4 Å². The van der Waals surface area contributed by atoms with Crippen LogP contribution in [0.5, 0.6) is 5.75 Å².